The molecule has 0 bridgehead atoms. The van der Waals surface area contributed by atoms with Gasteiger partial charge in [-0.15, -0.1) is 0 Å². The number of aromatic nitrogens is 1. The van der Waals surface area contributed by atoms with Crippen LogP contribution in [0, 0.1) is 0 Å². The summed E-state index contributed by atoms with van der Waals surface area (Å²) in [4.78, 5) is 5.00. The Morgan fingerprint density at radius 1 is 0.240 bits per heavy atom. The number of hydrogen-bond donors (Lipinski definition) is 0. The first-order valence-electron chi connectivity index (χ1n) is 33.2. The van der Waals surface area contributed by atoms with Gasteiger partial charge < -0.3 is 14.4 Å². The van der Waals surface area contributed by atoms with Crippen molar-refractivity contribution in [3.05, 3.63) is 401 Å². The SMILES string of the molecule is Clc1c(N(c2ccc(-c3ccccc3)cc2)c2cccc3c2C2(c4ccccc4-c4ccccc42)c2ccccc2-3)cc(-n2c3ccccc3c3ccccc32)cc1N(c1ccc(-c2ccccc2)cc1)c1cccc2c1C1(c3ccccc3-c3ccccc31)c1ccccc1-2. The van der Waals surface area contributed by atoms with Crippen molar-refractivity contribution in [1.82, 2.24) is 4.57 Å². The molecule has 15 aromatic carbocycles. The average molecular weight is 1240 g/mol. The molecule has 0 saturated heterocycles. The number of halogens is 1. The van der Waals surface area contributed by atoms with E-state index < -0.39 is 10.8 Å². The zero-order chi connectivity index (χ0) is 63.2. The van der Waals surface area contributed by atoms with Gasteiger partial charge in [-0.1, -0.05) is 303 Å². The monoisotopic (exact) mass is 1240 g/mol. The van der Waals surface area contributed by atoms with Crippen LogP contribution in [0.25, 0.3) is 94.3 Å². The maximum Gasteiger partial charge on any atom is 0.0888 e. The maximum absolute atomic E-state index is 9.04. The van der Waals surface area contributed by atoms with Crippen molar-refractivity contribution in [2.45, 2.75) is 10.8 Å². The molecule has 4 aliphatic rings. The van der Waals surface area contributed by atoms with Crippen LogP contribution in [0.15, 0.2) is 352 Å². The standard InChI is InChI=1S/C92H58ClN3/c93-90-86(94(63-53-49-61(50-54-63)59-25-3-1-4-26-59)84-47-23-37-74-70-33-11-19-43-80(70)91(88(74)84)76-39-15-7-29-66(76)67-30-8-16-40-77(67)91)57-65(96-82-45-21-13-35-72(82)73-36-14-22-46-83(73)96)58-87(90)95(64-55-51-62(52-56-64)60-27-5-2-6-28-60)85-48-24-38-75-71-34-12-20-44-81(71)92(89(75)85)78-41-17-9-31-68(78)69-32-10-18-42-79(69)92/h1-58H. The van der Waals surface area contributed by atoms with E-state index in [1.165, 1.54) is 99.8 Å². The second-order valence-corrected chi connectivity index (χ2v) is 26.2. The zero-order valence-electron chi connectivity index (χ0n) is 52.2. The molecule has 448 valence electrons. The minimum Gasteiger partial charge on any atom is -0.309 e. The van der Waals surface area contributed by atoms with E-state index in [1.54, 1.807) is 0 Å². The highest BCUT2D eigenvalue weighted by Crippen LogP contribution is 2.68. The molecule has 3 nitrogen and oxygen atoms in total. The summed E-state index contributed by atoms with van der Waals surface area (Å²) in [5.41, 5.74) is 31.8. The molecule has 1 heterocycles. The molecule has 0 fully saturated rings. The molecule has 20 rings (SSSR count). The average Bonchev–Trinajstić information content (AvgIpc) is 1.51. The molecule has 0 atom stereocenters. The van der Waals surface area contributed by atoms with E-state index in [0.717, 1.165) is 73.1 Å². The molecule has 0 unspecified atom stereocenters. The molecule has 2 spiro atoms. The quantitative estimate of drug-likeness (QED) is 0.143. The lowest BCUT2D eigenvalue weighted by Crippen LogP contribution is -2.29. The minimum absolute atomic E-state index is 0.586. The smallest absolute Gasteiger partial charge is 0.0888 e. The van der Waals surface area contributed by atoms with Gasteiger partial charge in [0.15, 0.2) is 0 Å². The van der Waals surface area contributed by atoms with E-state index in [1.807, 2.05) is 0 Å². The number of hydrogen-bond acceptors (Lipinski definition) is 2. The van der Waals surface area contributed by atoms with Gasteiger partial charge in [0.05, 0.1) is 55.3 Å². The van der Waals surface area contributed by atoms with Crippen LogP contribution < -0.4 is 9.80 Å². The fourth-order valence-corrected chi connectivity index (χ4v) is 17.8. The predicted octanol–water partition coefficient (Wildman–Crippen LogP) is 24.4. The Kier molecular flexibility index (Phi) is 11.9. The van der Waals surface area contributed by atoms with Crippen LogP contribution in [0.5, 0.6) is 0 Å². The fraction of sp³-hybridized carbons (Fsp3) is 0.0217. The number of para-hydroxylation sites is 2. The second-order valence-electron chi connectivity index (χ2n) is 25.8. The van der Waals surface area contributed by atoms with Gasteiger partial charge in [-0.3, -0.25) is 0 Å². The van der Waals surface area contributed by atoms with Gasteiger partial charge in [-0.25, -0.2) is 0 Å². The van der Waals surface area contributed by atoms with E-state index >= 15 is 0 Å². The van der Waals surface area contributed by atoms with Gasteiger partial charge in [-0.05, 0) is 161 Å². The normalized spacial score (nSPS) is 13.4. The zero-order valence-corrected chi connectivity index (χ0v) is 53.0. The van der Waals surface area contributed by atoms with Gasteiger partial charge in [0.2, 0.25) is 0 Å². The van der Waals surface area contributed by atoms with Crippen molar-refractivity contribution in [2.75, 3.05) is 9.80 Å². The third-order valence-electron chi connectivity index (χ3n) is 21.3. The number of benzene rings is 15. The Balaban J connectivity index is 0.935. The van der Waals surface area contributed by atoms with Gasteiger partial charge in [0, 0.05) is 33.3 Å². The molecule has 0 amide bonds. The van der Waals surface area contributed by atoms with E-state index in [4.69, 9.17) is 11.6 Å². The Morgan fingerprint density at radius 3 is 0.875 bits per heavy atom. The molecule has 1 aromatic heterocycles. The predicted molar refractivity (Wildman–Crippen MR) is 399 cm³/mol. The van der Waals surface area contributed by atoms with Crippen LogP contribution in [0.3, 0.4) is 0 Å². The van der Waals surface area contributed by atoms with E-state index in [9.17, 15) is 0 Å². The summed E-state index contributed by atoms with van der Waals surface area (Å²) in [5.74, 6) is 0. The Bertz CT molecular complexity index is 5380. The first-order chi connectivity index (χ1) is 47.6. The lowest BCUT2D eigenvalue weighted by Gasteiger charge is -2.38. The van der Waals surface area contributed by atoms with Crippen LogP contribution in [0.2, 0.25) is 5.02 Å². The van der Waals surface area contributed by atoms with Crippen molar-refractivity contribution in [3.63, 3.8) is 0 Å². The van der Waals surface area contributed by atoms with Crippen LogP contribution in [0.4, 0.5) is 34.1 Å². The van der Waals surface area contributed by atoms with Crippen LogP contribution >= 0.6 is 11.6 Å². The van der Waals surface area contributed by atoms with Crippen molar-refractivity contribution < 1.29 is 0 Å². The van der Waals surface area contributed by atoms with Crippen molar-refractivity contribution in [3.8, 4) is 72.4 Å². The first kappa shape index (κ1) is 54.5. The van der Waals surface area contributed by atoms with Crippen molar-refractivity contribution in [2.24, 2.45) is 0 Å². The van der Waals surface area contributed by atoms with E-state index in [-0.39, 0.29) is 0 Å². The van der Waals surface area contributed by atoms with Gasteiger partial charge in [0.25, 0.3) is 0 Å². The van der Waals surface area contributed by atoms with Gasteiger partial charge >= 0.3 is 0 Å². The topological polar surface area (TPSA) is 11.4 Å². The molecule has 0 N–H and O–H groups in total. The molecule has 16 aromatic rings. The third kappa shape index (κ3) is 7.49. The lowest BCUT2D eigenvalue weighted by atomic mass is 9.70. The summed E-state index contributed by atoms with van der Waals surface area (Å²) < 4.78 is 2.47. The highest BCUT2D eigenvalue weighted by molar-refractivity contribution is 6.37. The van der Waals surface area contributed by atoms with Crippen molar-refractivity contribution in [1.29, 1.82) is 0 Å². The highest BCUT2D eigenvalue weighted by Gasteiger charge is 2.55. The molecular weight excluding hydrogens is 1180 g/mol. The maximum atomic E-state index is 9.04. The highest BCUT2D eigenvalue weighted by atomic mass is 35.5. The summed E-state index contributed by atoms with van der Waals surface area (Å²) in [7, 11) is 0. The minimum atomic E-state index is -0.702. The van der Waals surface area contributed by atoms with Crippen LogP contribution in [-0.4, -0.2) is 4.57 Å². The lowest BCUT2D eigenvalue weighted by molar-refractivity contribution is 0.792. The Morgan fingerprint density at radius 2 is 0.521 bits per heavy atom. The molecular formula is C92H58ClN3. The third-order valence-corrected chi connectivity index (χ3v) is 21.7. The molecule has 0 radical (unpaired) electrons. The fourth-order valence-electron chi connectivity index (χ4n) is 17.6. The summed E-state index contributed by atoms with van der Waals surface area (Å²) in [6.45, 7) is 0. The summed E-state index contributed by atoms with van der Waals surface area (Å²) in [5, 5.41) is 2.93. The first-order valence-corrected chi connectivity index (χ1v) is 33.6. The number of rotatable bonds is 9. The number of anilines is 6. The summed E-state index contributed by atoms with van der Waals surface area (Å²) >= 11 is 9.04. The summed E-state index contributed by atoms with van der Waals surface area (Å²) in [6, 6.07) is 131. The van der Waals surface area contributed by atoms with Crippen molar-refractivity contribution >= 4 is 67.5 Å². The Hall–Kier alpha value is -12.0. The molecule has 96 heavy (non-hydrogen) atoms. The molecule has 4 heteroatoms. The van der Waals surface area contributed by atoms with E-state index in [0.29, 0.717) is 5.02 Å². The van der Waals surface area contributed by atoms with Gasteiger partial charge in [0.1, 0.15) is 0 Å². The molecule has 4 aliphatic carbocycles. The van der Waals surface area contributed by atoms with Gasteiger partial charge in [-0.2, -0.15) is 0 Å². The molecule has 0 saturated carbocycles. The summed E-state index contributed by atoms with van der Waals surface area (Å²) in [6.07, 6.45) is 0. The largest absolute Gasteiger partial charge is 0.309 e. The van der Waals surface area contributed by atoms with Crippen LogP contribution in [0.1, 0.15) is 44.5 Å². The number of nitrogens with zero attached hydrogens (tertiary/aromatic N) is 3. The van der Waals surface area contributed by atoms with E-state index in [2.05, 4.69) is 366 Å². The Labute approximate surface area is 562 Å². The number of fused-ring (bicyclic) bond motifs is 23. The second kappa shape index (κ2) is 21.0. The molecule has 0 aliphatic heterocycles. The van der Waals surface area contributed by atoms with Crippen LogP contribution in [-0.2, 0) is 10.8 Å².